The number of carbonyl (C=O) groups excluding carboxylic acids is 1. The first-order chi connectivity index (χ1) is 10.0. The number of rotatable bonds is 7. The van der Waals surface area contributed by atoms with Crippen LogP contribution in [0.1, 0.15) is 58.8 Å². The Labute approximate surface area is 129 Å². The summed E-state index contributed by atoms with van der Waals surface area (Å²) in [6.45, 7) is 5.18. The van der Waals surface area contributed by atoms with Crippen molar-refractivity contribution in [2.24, 2.45) is 17.6 Å². The van der Waals surface area contributed by atoms with E-state index in [1.165, 1.54) is 32.1 Å². The van der Waals surface area contributed by atoms with Crippen molar-refractivity contribution in [3.63, 3.8) is 0 Å². The lowest BCUT2D eigenvalue weighted by Crippen LogP contribution is -2.59. The summed E-state index contributed by atoms with van der Waals surface area (Å²) in [4.78, 5) is 14.6. The Morgan fingerprint density at radius 3 is 2.29 bits per heavy atom. The van der Waals surface area contributed by atoms with Crippen molar-refractivity contribution in [1.82, 2.24) is 4.90 Å². The molecule has 0 amide bonds. The maximum atomic E-state index is 12.3. The molecule has 0 aromatic rings. The van der Waals surface area contributed by atoms with Crippen molar-refractivity contribution in [2.75, 3.05) is 20.2 Å². The molecule has 4 nitrogen and oxygen atoms in total. The number of hydrogen-bond acceptors (Lipinski definition) is 4. The van der Waals surface area contributed by atoms with Crippen LogP contribution in [0.3, 0.4) is 0 Å². The highest BCUT2D eigenvalue weighted by molar-refractivity contribution is 5.82. The molecule has 0 aromatic heterocycles. The van der Waals surface area contributed by atoms with E-state index in [0.29, 0.717) is 25.1 Å². The standard InChI is InChI=1S/C17H32N2O2/c1-4-13-6-10-15(11-7-13)19(3)12-17(18,14-8-9-14)16(20)21-5-2/h13-15H,4-12,18H2,1-3H3. The van der Waals surface area contributed by atoms with Crippen LogP contribution in [-0.2, 0) is 9.53 Å². The third-order valence-corrected chi connectivity index (χ3v) is 5.49. The lowest BCUT2D eigenvalue weighted by molar-refractivity contribution is -0.151. The second kappa shape index (κ2) is 7.10. The highest BCUT2D eigenvalue weighted by Gasteiger charge is 2.50. The molecule has 122 valence electrons. The van der Waals surface area contributed by atoms with Crippen LogP contribution < -0.4 is 5.73 Å². The normalized spacial score (nSPS) is 29.2. The Morgan fingerprint density at radius 1 is 1.19 bits per heavy atom. The zero-order valence-electron chi connectivity index (χ0n) is 13.9. The molecule has 2 saturated carbocycles. The molecule has 0 spiro atoms. The second-order valence-electron chi connectivity index (χ2n) is 7.03. The Hall–Kier alpha value is -0.610. The average molecular weight is 296 g/mol. The molecular weight excluding hydrogens is 264 g/mol. The Kier molecular flexibility index (Phi) is 5.67. The smallest absolute Gasteiger partial charge is 0.327 e. The van der Waals surface area contributed by atoms with E-state index in [4.69, 9.17) is 10.5 Å². The predicted octanol–water partition coefficient (Wildman–Crippen LogP) is 2.56. The van der Waals surface area contributed by atoms with Crippen molar-refractivity contribution >= 4 is 5.97 Å². The van der Waals surface area contributed by atoms with E-state index in [-0.39, 0.29) is 5.97 Å². The van der Waals surface area contributed by atoms with E-state index in [2.05, 4.69) is 18.9 Å². The van der Waals surface area contributed by atoms with Crippen LogP contribution in [0, 0.1) is 11.8 Å². The molecule has 1 atom stereocenters. The first-order valence-electron chi connectivity index (χ1n) is 8.67. The maximum absolute atomic E-state index is 12.3. The van der Waals surface area contributed by atoms with Gasteiger partial charge in [0.15, 0.2) is 0 Å². The van der Waals surface area contributed by atoms with Gasteiger partial charge in [0.05, 0.1) is 6.61 Å². The fourth-order valence-corrected chi connectivity index (χ4v) is 3.76. The Balaban J connectivity index is 1.92. The molecule has 0 aliphatic heterocycles. The summed E-state index contributed by atoms with van der Waals surface area (Å²) in [6, 6.07) is 0.573. The number of hydrogen-bond donors (Lipinski definition) is 1. The monoisotopic (exact) mass is 296 g/mol. The van der Waals surface area contributed by atoms with Crippen molar-refractivity contribution in [3.05, 3.63) is 0 Å². The molecular formula is C17H32N2O2. The fourth-order valence-electron chi connectivity index (χ4n) is 3.76. The van der Waals surface area contributed by atoms with Gasteiger partial charge >= 0.3 is 5.97 Å². The largest absolute Gasteiger partial charge is 0.465 e. The van der Waals surface area contributed by atoms with E-state index in [0.717, 1.165) is 18.8 Å². The van der Waals surface area contributed by atoms with Gasteiger partial charge in [0, 0.05) is 12.6 Å². The lowest BCUT2D eigenvalue weighted by Gasteiger charge is -2.39. The number of carbonyl (C=O) groups is 1. The molecule has 4 heteroatoms. The van der Waals surface area contributed by atoms with Crippen LogP contribution in [0.25, 0.3) is 0 Å². The summed E-state index contributed by atoms with van der Waals surface area (Å²) >= 11 is 0. The molecule has 2 aliphatic carbocycles. The molecule has 21 heavy (non-hydrogen) atoms. The van der Waals surface area contributed by atoms with E-state index >= 15 is 0 Å². The van der Waals surface area contributed by atoms with E-state index in [1.807, 2.05) is 6.92 Å². The fraction of sp³-hybridized carbons (Fsp3) is 0.941. The van der Waals surface area contributed by atoms with Gasteiger partial charge in [-0.3, -0.25) is 0 Å². The molecule has 2 N–H and O–H groups in total. The zero-order valence-corrected chi connectivity index (χ0v) is 13.9. The van der Waals surface area contributed by atoms with Gasteiger partial charge in [-0.2, -0.15) is 0 Å². The number of likely N-dealkylation sites (N-methyl/N-ethyl adjacent to an activating group) is 1. The topological polar surface area (TPSA) is 55.6 Å². The van der Waals surface area contributed by atoms with Crippen molar-refractivity contribution in [1.29, 1.82) is 0 Å². The molecule has 0 heterocycles. The molecule has 0 aromatic carbocycles. The highest BCUT2D eigenvalue weighted by Crippen LogP contribution is 2.40. The minimum Gasteiger partial charge on any atom is -0.465 e. The molecule has 0 radical (unpaired) electrons. The third-order valence-electron chi connectivity index (χ3n) is 5.49. The Morgan fingerprint density at radius 2 is 1.81 bits per heavy atom. The average Bonchev–Trinajstić information content (AvgIpc) is 3.32. The van der Waals surface area contributed by atoms with Gasteiger partial charge in [-0.15, -0.1) is 0 Å². The minimum atomic E-state index is -0.799. The summed E-state index contributed by atoms with van der Waals surface area (Å²) in [5.74, 6) is 0.998. The zero-order chi connectivity index (χ0) is 15.5. The molecule has 0 bridgehead atoms. The number of esters is 1. The van der Waals surface area contributed by atoms with Gasteiger partial charge in [-0.1, -0.05) is 13.3 Å². The number of ether oxygens (including phenoxy) is 1. The lowest BCUT2D eigenvalue weighted by atomic mass is 9.83. The van der Waals surface area contributed by atoms with Crippen LogP contribution in [0.2, 0.25) is 0 Å². The van der Waals surface area contributed by atoms with E-state index in [9.17, 15) is 4.79 Å². The highest BCUT2D eigenvalue weighted by atomic mass is 16.5. The first kappa shape index (κ1) is 16.8. The number of nitrogens with zero attached hydrogens (tertiary/aromatic N) is 1. The van der Waals surface area contributed by atoms with Gasteiger partial charge in [-0.05, 0) is 64.3 Å². The minimum absolute atomic E-state index is 0.207. The molecule has 2 aliphatic rings. The molecule has 2 fully saturated rings. The summed E-state index contributed by atoms with van der Waals surface area (Å²) in [5, 5.41) is 0. The maximum Gasteiger partial charge on any atom is 0.327 e. The third kappa shape index (κ3) is 3.98. The summed E-state index contributed by atoms with van der Waals surface area (Å²) in [5.41, 5.74) is 5.68. The van der Waals surface area contributed by atoms with Crippen LogP contribution in [-0.4, -0.2) is 42.6 Å². The van der Waals surface area contributed by atoms with Crippen LogP contribution in [0.5, 0.6) is 0 Å². The molecule has 2 rings (SSSR count). The van der Waals surface area contributed by atoms with Crippen molar-refractivity contribution < 1.29 is 9.53 Å². The molecule has 1 unspecified atom stereocenters. The second-order valence-corrected chi connectivity index (χ2v) is 7.03. The van der Waals surface area contributed by atoms with Crippen molar-refractivity contribution in [3.8, 4) is 0 Å². The van der Waals surface area contributed by atoms with Gasteiger partial charge in [0.25, 0.3) is 0 Å². The van der Waals surface area contributed by atoms with Gasteiger partial charge in [0.2, 0.25) is 0 Å². The Bertz CT molecular complexity index is 349. The van der Waals surface area contributed by atoms with Crippen LogP contribution in [0.15, 0.2) is 0 Å². The first-order valence-corrected chi connectivity index (χ1v) is 8.67. The van der Waals surface area contributed by atoms with E-state index in [1.54, 1.807) is 0 Å². The number of nitrogens with two attached hydrogens (primary N) is 1. The predicted molar refractivity (Wildman–Crippen MR) is 84.9 cm³/mol. The van der Waals surface area contributed by atoms with Crippen LogP contribution in [0.4, 0.5) is 0 Å². The molecule has 0 saturated heterocycles. The summed E-state index contributed by atoms with van der Waals surface area (Å²) < 4.78 is 5.24. The summed E-state index contributed by atoms with van der Waals surface area (Å²) in [6.07, 6.45) is 8.51. The van der Waals surface area contributed by atoms with Crippen molar-refractivity contribution in [2.45, 2.75) is 70.4 Å². The van der Waals surface area contributed by atoms with Gasteiger partial charge in [0.1, 0.15) is 5.54 Å². The van der Waals surface area contributed by atoms with E-state index < -0.39 is 5.54 Å². The van der Waals surface area contributed by atoms with Gasteiger partial charge < -0.3 is 15.4 Å². The van der Waals surface area contributed by atoms with Crippen LogP contribution >= 0.6 is 0 Å². The van der Waals surface area contributed by atoms with Gasteiger partial charge in [-0.25, -0.2) is 4.79 Å². The summed E-state index contributed by atoms with van der Waals surface area (Å²) in [7, 11) is 2.13. The SMILES string of the molecule is CCOC(=O)C(N)(CN(C)C1CCC(CC)CC1)C1CC1. The quantitative estimate of drug-likeness (QED) is 0.734.